The zero-order valence-electron chi connectivity index (χ0n) is 9.30. The molecule has 1 aromatic heterocycles. The van der Waals surface area contributed by atoms with Gasteiger partial charge in [-0.2, -0.15) is 5.10 Å². The molecule has 2 aromatic rings. The van der Waals surface area contributed by atoms with Crippen LogP contribution >= 0.6 is 0 Å². The minimum Gasteiger partial charge on any atom is -0.285 e. The van der Waals surface area contributed by atoms with Crippen LogP contribution in [0.5, 0.6) is 0 Å². The van der Waals surface area contributed by atoms with Crippen LogP contribution in [0.4, 0.5) is 0 Å². The van der Waals surface area contributed by atoms with Gasteiger partial charge in [0.15, 0.2) is 0 Å². The molecule has 0 unspecified atom stereocenters. The van der Waals surface area contributed by atoms with Crippen LogP contribution in [0.15, 0.2) is 30.5 Å². The molecule has 86 valence electrons. The van der Waals surface area contributed by atoms with Crippen molar-refractivity contribution >= 4 is 5.91 Å². The monoisotopic (exact) mass is 229 g/mol. The van der Waals surface area contributed by atoms with E-state index >= 15 is 0 Å². The number of aromatic nitrogens is 2. The van der Waals surface area contributed by atoms with E-state index < -0.39 is 0 Å². The van der Waals surface area contributed by atoms with Crippen molar-refractivity contribution in [2.45, 2.75) is 6.54 Å². The van der Waals surface area contributed by atoms with Crippen molar-refractivity contribution in [1.29, 1.82) is 0 Å². The summed E-state index contributed by atoms with van der Waals surface area (Å²) in [6.45, 7) is 0.466. The molecule has 1 aromatic carbocycles. The number of carbonyl (C=O) groups is 1. The van der Waals surface area contributed by atoms with Crippen LogP contribution in [0.25, 0.3) is 11.3 Å². The van der Waals surface area contributed by atoms with Gasteiger partial charge in [-0.15, -0.1) is 0 Å². The second-order valence-corrected chi connectivity index (χ2v) is 3.82. The van der Waals surface area contributed by atoms with Gasteiger partial charge in [-0.3, -0.25) is 14.7 Å². The first-order chi connectivity index (χ1) is 8.31. The summed E-state index contributed by atoms with van der Waals surface area (Å²) in [5.41, 5.74) is 3.46. The van der Waals surface area contributed by atoms with E-state index in [1.165, 1.54) is 12.2 Å². The molecule has 3 rings (SSSR count). The summed E-state index contributed by atoms with van der Waals surface area (Å²) >= 11 is 0. The molecule has 0 saturated heterocycles. The molecule has 1 aliphatic heterocycles. The van der Waals surface area contributed by atoms with Crippen LogP contribution in [0.2, 0.25) is 0 Å². The van der Waals surface area contributed by atoms with Gasteiger partial charge in [-0.25, -0.2) is 5.06 Å². The van der Waals surface area contributed by atoms with Crippen molar-refractivity contribution in [2.24, 2.45) is 0 Å². The Bertz CT molecular complexity index is 563. The Hall–Kier alpha value is -2.14. The van der Waals surface area contributed by atoms with Crippen LogP contribution < -0.4 is 0 Å². The van der Waals surface area contributed by atoms with Crippen LogP contribution in [0.3, 0.4) is 0 Å². The minimum absolute atomic E-state index is 0.0973. The zero-order valence-corrected chi connectivity index (χ0v) is 9.30. The summed E-state index contributed by atoms with van der Waals surface area (Å²) in [6, 6.07) is 7.52. The molecule has 5 heteroatoms. The maximum Gasteiger partial charge on any atom is 0.278 e. The largest absolute Gasteiger partial charge is 0.285 e. The van der Waals surface area contributed by atoms with E-state index in [0.717, 1.165) is 16.8 Å². The molecule has 0 saturated carbocycles. The summed E-state index contributed by atoms with van der Waals surface area (Å²) in [5, 5.41) is 8.27. The molecular weight excluding hydrogens is 218 g/mol. The van der Waals surface area contributed by atoms with Gasteiger partial charge in [0.2, 0.25) is 0 Å². The van der Waals surface area contributed by atoms with Gasteiger partial charge in [-0.05, 0) is 17.7 Å². The summed E-state index contributed by atoms with van der Waals surface area (Å²) in [6.07, 6.45) is 1.76. The van der Waals surface area contributed by atoms with Crippen LogP contribution in [-0.4, -0.2) is 28.3 Å². The number of hydrogen-bond acceptors (Lipinski definition) is 3. The Morgan fingerprint density at radius 3 is 2.88 bits per heavy atom. The predicted octanol–water partition coefficient (Wildman–Crippen LogP) is 1.59. The Kier molecular flexibility index (Phi) is 2.19. The van der Waals surface area contributed by atoms with Gasteiger partial charge >= 0.3 is 0 Å². The Labute approximate surface area is 98.0 Å². The van der Waals surface area contributed by atoms with Crippen molar-refractivity contribution in [2.75, 3.05) is 7.11 Å². The topological polar surface area (TPSA) is 58.2 Å². The third-order valence-electron chi connectivity index (χ3n) is 2.93. The molecule has 0 radical (unpaired) electrons. The van der Waals surface area contributed by atoms with Gasteiger partial charge in [0.05, 0.1) is 19.3 Å². The van der Waals surface area contributed by atoms with Crippen molar-refractivity contribution in [3.05, 3.63) is 41.6 Å². The molecule has 0 aliphatic carbocycles. The van der Waals surface area contributed by atoms with E-state index in [4.69, 9.17) is 4.84 Å². The molecule has 0 atom stereocenters. The molecule has 2 heterocycles. The molecule has 1 amide bonds. The number of hydrogen-bond donors (Lipinski definition) is 1. The fraction of sp³-hybridized carbons (Fsp3) is 0.167. The lowest BCUT2D eigenvalue weighted by atomic mass is 10.0. The van der Waals surface area contributed by atoms with E-state index in [2.05, 4.69) is 10.2 Å². The summed E-state index contributed by atoms with van der Waals surface area (Å²) in [7, 11) is 1.50. The highest BCUT2D eigenvalue weighted by molar-refractivity contribution is 5.99. The Balaban J connectivity index is 2.14. The van der Waals surface area contributed by atoms with Crippen LogP contribution in [0.1, 0.15) is 15.9 Å². The molecule has 1 aliphatic rings. The predicted molar refractivity (Wildman–Crippen MR) is 60.9 cm³/mol. The second-order valence-electron chi connectivity index (χ2n) is 3.82. The maximum absolute atomic E-state index is 11.9. The average Bonchev–Trinajstić information content (AvgIpc) is 2.97. The first-order valence-electron chi connectivity index (χ1n) is 5.29. The maximum atomic E-state index is 11.9. The van der Waals surface area contributed by atoms with E-state index in [-0.39, 0.29) is 5.91 Å². The van der Waals surface area contributed by atoms with Gasteiger partial charge < -0.3 is 0 Å². The molecule has 0 bridgehead atoms. The fourth-order valence-electron chi connectivity index (χ4n) is 2.11. The highest BCUT2D eigenvalue weighted by Crippen LogP contribution is 2.31. The summed E-state index contributed by atoms with van der Waals surface area (Å²) in [5.74, 6) is -0.0973. The normalized spacial score (nSPS) is 14.2. The van der Waals surface area contributed by atoms with E-state index in [1.54, 1.807) is 6.20 Å². The van der Waals surface area contributed by atoms with Crippen LogP contribution in [-0.2, 0) is 11.4 Å². The summed E-state index contributed by atoms with van der Waals surface area (Å²) in [4.78, 5) is 17.0. The first kappa shape index (κ1) is 10.0. The van der Waals surface area contributed by atoms with Crippen LogP contribution in [0, 0.1) is 0 Å². The van der Waals surface area contributed by atoms with Gasteiger partial charge in [0.25, 0.3) is 5.91 Å². The number of fused-ring (bicyclic) bond motifs is 1. The minimum atomic E-state index is -0.0973. The molecule has 0 fully saturated rings. The number of H-pyrrole nitrogens is 1. The number of aromatic amines is 1. The third kappa shape index (κ3) is 1.43. The zero-order chi connectivity index (χ0) is 11.8. The summed E-state index contributed by atoms with van der Waals surface area (Å²) < 4.78 is 0. The molecule has 5 nitrogen and oxygen atoms in total. The van der Waals surface area contributed by atoms with Gasteiger partial charge in [0, 0.05) is 17.3 Å². The lowest BCUT2D eigenvalue weighted by Gasteiger charge is -2.10. The quantitative estimate of drug-likeness (QED) is 0.850. The Morgan fingerprint density at radius 1 is 1.35 bits per heavy atom. The van der Waals surface area contributed by atoms with Gasteiger partial charge in [0.1, 0.15) is 0 Å². The average molecular weight is 229 g/mol. The smallest absolute Gasteiger partial charge is 0.278 e. The Morgan fingerprint density at radius 2 is 2.18 bits per heavy atom. The van der Waals surface area contributed by atoms with Crippen molar-refractivity contribution in [1.82, 2.24) is 15.3 Å². The number of hydroxylamine groups is 2. The number of nitrogens with zero attached hydrogens (tertiary/aromatic N) is 2. The third-order valence-corrected chi connectivity index (χ3v) is 2.93. The number of carbonyl (C=O) groups excluding carboxylic acids is 1. The first-order valence-corrected chi connectivity index (χ1v) is 5.29. The highest BCUT2D eigenvalue weighted by atomic mass is 16.7. The number of amides is 1. The van der Waals surface area contributed by atoms with E-state index in [9.17, 15) is 4.79 Å². The molecular formula is C12H11N3O2. The van der Waals surface area contributed by atoms with Crippen molar-refractivity contribution < 1.29 is 9.63 Å². The van der Waals surface area contributed by atoms with Crippen molar-refractivity contribution in [3.8, 4) is 11.3 Å². The molecule has 1 N–H and O–H groups in total. The highest BCUT2D eigenvalue weighted by Gasteiger charge is 2.30. The number of rotatable bonds is 2. The number of benzene rings is 1. The van der Waals surface area contributed by atoms with E-state index in [0.29, 0.717) is 12.1 Å². The standard InChI is InChI=1S/C12H11N3O2/c1-17-15-7-10-8(11-5-6-13-14-11)3-2-4-9(10)12(15)16/h2-6H,7H2,1H3,(H,13,14). The lowest BCUT2D eigenvalue weighted by Crippen LogP contribution is -2.21. The fourth-order valence-corrected chi connectivity index (χ4v) is 2.11. The van der Waals surface area contributed by atoms with Gasteiger partial charge in [-0.1, -0.05) is 12.1 Å². The van der Waals surface area contributed by atoms with Crippen molar-refractivity contribution in [3.63, 3.8) is 0 Å². The second kappa shape index (κ2) is 3.71. The molecule has 17 heavy (non-hydrogen) atoms. The van der Waals surface area contributed by atoms with E-state index in [1.807, 2.05) is 24.3 Å². The number of nitrogens with one attached hydrogen (secondary N) is 1. The molecule has 0 spiro atoms. The lowest BCUT2D eigenvalue weighted by molar-refractivity contribution is -0.0956. The SMILES string of the molecule is CON1Cc2c(cccc2-c2cc[nH]n2)C1=O.